The summed E-state index contributed by atoms with van der Waals surface area (Å²) in [5.74, 6) is -1.94. The van der Waals surface area contributed by atoms with Gasteiger partial charge in [0.05, 0.1) is 0 Å². The third-order valence-electron chi connectivity index (χ3n) is 5.58. The summed E-state index contributed by atoms with van der Waals surface area (Å²) in [6, 6.07) is 16.2. The molecule has 0 aliphatic heterocycles. The largest absolute Gasteiger partial charge is 0.445 e. The minimum atomic E-state index is -1.03. The Morgan fingerprint density at radius 3 is 2.17 bits per heavy atom. The second kappa shape index (κ2) is 17.0. The van der Waals surface area contributed by atoms with Crippen LogP contribution < -0.4 is 27.4 Å². The average Bonchev–Trinajstić information content (AvgIpc) is 2.92. The van der Waals surface area contributed by atoms with Gasteiger partial charge in [0.1, 0.15) is 18.7 Å². The van der Waals surface area contributed by atoms with E-state index >= 15 is 0 Å². The fraction of sp³-hybridized carbons (Fsp3) is 0.345. The van der Waals surface area contributed by atoms with Gasteiger partial charge in [-0.1, -0.05) is 74.5 Å². The van der Waals surface area contributed by atoms with Crippen molar-refractivity contribution in [2.45, 2.75) is 51.8 Å². The van der Waals surface area contributed by atoms with Crippen LogP contribution in [0.1, 0.15) is 44.2 Å². The number of carbonyl (C=O) groups is 4. The Morgan fingerprint density at radius 1 is 0.900 bits per heavy atom. The molecule has 11 heteroatoms. The zero-order chi connectivity index (χ0) is 29.3. The van der Waals surface area contributed by atoms with Gasteiger partial charge in [-0.3, -0.25) is 24.7 Å². The minimum Gasteiger partial charge on any atom is -0.445 e. The number of amides is 4. The first kappa shape index (κ1) is 31.5. The molecule has 2 aromatic carbocycles. The fourth-order valence-corrected chi connectivity index (χ4v) is 3.64. The highest BCUT2D eigenvalue weighted by atomic mass is 16.5. The van der Waals surface area contributed by atoms with Gasteiger partial charge in [-0.15, -0.1) is 0 Å². The number of nitrogens with zero attached hydrogens (tertiary/aromatic N) is 1. The van der Waals surface area contributed by atoms with Gasteiger partial charge in [0.25, 0.3) is 5.91 Å². The Kier molecular flexibility index (Phi) is 13.4. The monoisotopic (exact) mass is 550 g/mol. The zero-order valence-corrected chi connectivity index (χ0v) is 22.8. The first-order chi connectivity index (χ1) is 19.1. The standard InChI is InChI=1S/C29H38N6O5/c1-20(2)18-24(27(38)35-25(36)16-15-21-10-5-3-6-11-21)33-26(37)23(14-9-17-32-28(30)31)34-29(39)40-19-22-12-7-4-8-13-22/h3-8,10-13,15-16,20,23-24H,9,14,17-19H2,1-2H3,(H,33,37)(H,34,39)(H4,30,31,32)(H,35,36,38)/b16-15+/t23-,24-/m0/s1. The summed E-state index contributed by atoms with van der Waals surface area (Å²) in [7, 11) is 0. The molecule has 0 bridgehead atoms. The van der Waals surface area contributed by atoms with E-state index in [0.29, 0.717) is 6.42 Å². The molecule has 214 valence electrons. The molecule has 0 aliphatic rings. The molecule has 0 fully saturated rings. The molecule has 0 aromatic heterocycles. The Bertz CT molecular complexity index is 1160. The Morgan fingerprint density at radius 2 is 1.55 bits per heavy atom. The summed E-state index contributed by atoms with van der Waals surface area (Å²) < 4.78 is 5.26. The number of benzene rings is 2. The van der Waals surface area contributed by atoms with Crippen molar-refractivity contribution in [3.63, 3.8) is 0 Å². The number of imide groups is 1. The summed E-state index contributed by atoms with van der Waals surface area (Å²) in [4.78, 5) is 54.9. The van der Waals surface area contributed by atoms with E-state index in [1.807, 2.05) is 62.4 Å². The molecule has 2 atom stereocenters. The van der Waals surface area contributed by atoms with Crippen molar-refractivity contribution in [3.8, 4) is 0 Å². The first-order valence-electron chi connectivity index (χ1n) is 13.0. The number of hydrogen-bond donors (Lipinski definition) is 5. The third kappa shape index (κ3) is 12.7. The van der Waals surface area contributed by atoms with E-state index < -0.39 is 35.9 Å². The summed E-state index contributed by atoms with van der Waals surface area (Å²) in [5.41, 5.74) is 12.3. The molecule has 0 unspecified atom stereocenters. The topological polar surface area (TPSA) is 178 Å². The van der Waals surface area contributed by atoms with E-state index in [1.54, 1.807) is 18.2 Å². The molecule has 2 aromatic rings. The number of ether oxygens (including phenoxy) is 1. The second-order valence-electron chi connectivity index (χ2n) is 9.50. The summed E-state index contributed by atoms with van der Waals surface area (Å²) in [5, 5.41) is 7.54. The predicted octanol–water partition coefficient (Wildman–Crippen LogP) is 2.22. The first-order valence-corrected chi connectivity index (χ1v) is 13.0. The molecule has 0 saturated carbocycles. The molecule has 0 heterocycles. The maximum Gasteiger partial charge on any atom is 0.408 e. The number of nitrogens with one attached hydrogen (secondary N) is 3. The number of carbonyl (C=O) groups excluding carboxylic acids is 4. The number of nitrogens with two attached hydrogens (primary N) is 2. The molecule has 2 rings (SSSR count). The molecular formula is C29H38N6O5. The lowest BCUT2D eigenvalue weighted by Crippen LogP contribution is -2.54. The van der Waals surface area contributed by atoms with Crippen LogP contribution in [0.4, 0.5) is 4.79 Å². The molecule has 4 amide bonds. The Hall–Kier alpha value is -4.67. The zero-order valence-electron chi connectivity index (χ0n) is 22.8. The molecule has 0 spiro atoms. The molecular weight excluding hydrogens is 512 g/mol. The number of rotatable bonds is 14. The Balaban J connectivity index is 2.05. The smallest absolute Gasteiger partial charge is 0.408 e. The lowest BCUT2D eigenvalue weighted by molar-refractivity contribution is -0.133. The minimum absolute atomic E-state index is 0.0198. The normalized spacial score (nSPS) is 12.3. The molecule has 0 aliphatic carbocycles. The van der Waals surface area contributed by atoms with E-state index in [2.05, 4.69) is 20.9 Å². The number of aliphatic imine (C=N–C) groups is 1. The molecule has 0 radical (unpaired) electrons. The van der Waals surface area contributed by atoms with Crippen molar-refractivity contribution >= 4 is 35.9 Å². The van der Waals surface area contributed by atoms with Gasteiger partial charge in [0, 0.05) is 12.6 Å². The van der Waals surface area contributed by atoms with Gasteiger partial charge in [0.15, 0.2) is 5.96 Å². The van der Waals surface area contributed by atoms with Crippen molar-refractivity contribution in [1.29, 1.82) is 0 Å². The molecule has 11 nitrogen and oxygen atoms in total. The van der Waals surface area contributed by atoms with Crippen LogP contribution in [0, 0.1) is 5.92 Å². The summed E-state index contributed by atoms with van der Waals surface area (Å²) >= 11 is 0. The predicted molar refractivity (Wildman–Crippen MR) is 153 cm³/mol. The van der Waals surface area contributed by atoms with Crippen molar-refractivity contribution in [2.75, 3.05) is 6.54 Å². The number of guanidine groups is 1. The van der Waals surface area contributed by atoms with Gasteiger partial charge in [0.2, 0.25) is 11.8 Å². The van der Waals surface area contributed by atoms with Gasteiger partial charge in [-0.05, 0) is 42.4 Å². The lowest BCUT2D eigenvalue weighted by Gasteiger charge is -2.23. The highest BCUT2D eigenvalue weighted by Gasteiger charge is 2.28. The number of hydrogen-bond acceptors (Lipinski definition) is 6. The summed E-state index contributed by atoms with van der Waals surface area (Å²) in [6.45, 7) is 4.03. The van der Waals surface area contributed by atoms with Crippen LogP contribution in [-0.2, 0) is 25.7 Å². The van der Waals surface area contributed by atoms with E-state index in [0.717, 1.165) is 11.1 Å². The van der Waals surface area contributed by atoms with Crippen LogP contribution in [0.15, 0.2) is 71.7 Å². The van der Waals surface area contributed by atoms with Gasteiger partial charge in [-0.25, -0.2) is 4.79 Å². The van der Waals surface area contributed by atoms with E-state index in [9.17, 15) is 19.2 Å². The van der Waals surface area contributed by atoms with Crippen LogP contribution >= 0.6 is 0 Å². The highest BCUT2D eigenvalue weighted by Crippen LogP contribution is 2.08. The Labute approximate surface area is 234 Å². The van der Waals surface area contributed by atoms with E-state index in [-0.39, 0.29) is 37.9 Å². The van der Waals surface area contributed by atoms with Gasteiger partial charge < -0.3 is 26.8 Å². The SMILES string of the molecule is CC(C)C[C@H](NC(=O)[C@H](CCCN=C(N)N)NC(=O)OCc1ccccc1)C(=O)NC(=O)/C=C/c1ccccc1. The van der Waals surface area contributed by atoms with Gasteiger partial charge in [-0.2, -0.15) is 0 Å². The van der Waals surface area contributed by atoms with Crippen molar-refractivity contribution < 1.29 is 23.9 Å². The lowest BCUT2D eigenvalue weighted by atomic mass is 10.0. The van der Waals surface area contributed by atoms with Crippen LogP contribution in [0.25, 0.3) is 6.08 Å². The van der Waals surface area contributed by atoms with Crippen molar-refractivity contribution in [1.82, 2.24) is 16.0 Å². The number of alkyl carbamates (subject to hydrolysis) is 1. The van der Waals surface area contributed by atoms with Crippen molar-refractivity contribution in [3.05, 3.63) is 77.9 Å². The fourth-order valence-electron chi connectivity index (χ4n) is 3.64. The highest BCUT2D eigenvalue weighted by molar-refractivity contribution is 6.05. The van der Waals surface area contributed by atoms with Gasteiger partial charge >= 0.3 is 6.09 Å². The van der Waals surface area contributed by atoms with Crippen LogP contribution in [-0.4, -0.2) is 48.4 Å². The van der Waals surface area contributed by atoms with E-state index in [4.69, 9.17) is 16.2 Å². The van der Waals surface area contributed by atoms with Crippen LogP contribution in [0.3, 0.4) is 0 Å². The molecule has 7 N–H and O–H groups in total. The second-order valence-corrected chi connectivity index (χ2v) is 9.50. The maximum absolute atomic E-state index is 13.2. The summed E-state index contributed by atoms with van der Waals surface area (Å²) in [6.07, 6.45) is 2.86. The molecule has 0 saturated heterocycles. The van der Waals surface area contributed by atoms with Crippen molar-refractivity contribution in [2.24, 2.45) is 22.4 Å². The maximum atomic E-state index is 13.2. The third-order valence-corrected chi connectivity index (χ3v) is 5.58. The quantitative estimate of drug-likeness (QED) is 0.104. The van der Waals surface area contributed by atoms with Crippen LogP contribution in [0.5, 0.6) is 0 Å². The van der Waals surface area contributed by atoms with Crippen LogP contribution in [0.2, 0.25) is 0 Å². The molecule has 40 heavy (non-hydrogen) atoms. The average molecular weight is 551 g/mol. The van der Waals surface area contributed by atoms with E-state index in [1.165, 1.54) is 6.08 Å².